The number of hydrogen-bond donors (Lipinski definition) is 1. The van der Waals surface area contributed by atoms with E-state index in [-0.39, 0.29) is 63.2 Å². The van der Waals surface area contributed by atoms with Gasteiger partial charge in [-0.15, -0.1) is 0 Å². The summed E-state index contributed by atoms with van der Waals surface area (Å²) in [6.45, 7) is 0. The van der Waals surface area contributed by atoms with Gasteiger partial charge in [0.05, 0.1) is 0 Å². The number of benzene rings is 1. The molecule has 0 saturated heterocycles. The van der Waals surface area contributed by atoms with E-state index in [0.717, 1.165) is 0 Å². The van der Waals surface area contributed by atoms with Crippen molar-refractivity contribution in [2.24, 2.45) is 0 Å². The van der Waals surface area contributed by atoms with Crippen molar-refractivity contribution in [2.75, 3.05) is 0 Å². The van der Waals surface area contributed by atoms with Gasteiger partial charge in [-0.2, -0.15) is 0 Å². The number of para-hydroxylation sites is 1. The van der Waals surface area contributed by atoms with Crippen LogP contribution in [0.2, 0.25) is 0 Å². The van der Waals surface area contributed by atoms with Crippen molar-refractivity contribution in [1.29, 1.82) is 0 Å². The second-order valence-electron chi connectivity index (χ2n) is 1.34. The van der Waals surface area contributed by atoms with Crippen LogP contribution in [0.3, 0.4) is 0 Å². The minimum absolute atomic E-state index is 0. The Hall–Kier alpha value is 1.08. The molecule has 0 bridgehead atoms. The van der Waals surface area contributed by atoms with Gasteiger partial charge in [-0.05, 0) is 12.1 Å². The molecule has 0 radical (unpaired) electrons. The fourth-order valence-electron chi connectivity index (χ4n) is 0.428. The summed E-state index contributed by atoms with van der Waals surface area (Å²) < 4.78 is 0. The standard InChI is InChI=1S/C6H6O.3W/c7-6-4-2-1-3-5-6;;;/h1-5,7H;;;. The summed E-state index contributed by atoms with van der Waals surface area (Å²) in [6, 6.07) is 8.71. The molecule has 1 N–H and O–H groups in total. The van der Waals surface area contributed by atoms with Gasteiger partial charge in [0, 0.05) is 63.2 Å². The molecular weight excluding hydrogens is 640 g/mol. The Morgan fingerprint density at radius 3 is 1.40 bits per heavy atom. The molecule has 0 heterocycles. The van der Waals surface area contributed by atoms with Gasteiger partial charge in [-0.1, -0.05) is 18.2 Å². The number of phenols is 1. The molecule has 0 unspecified atom stereocenters. The van der Waals surface area contributed by atoms with Crippen LogP contribution in [0, 0.1) is 0 Å². The van der Waals surface area contributed by atoms with E-state index in [0.29, 0.717) is 5.75 Å². The van der Waals surface area contributed by atoms with Gasteiger partial charge in [0.25, 0.3) is 0 Å². The fraction of sp³-hybridized carbons (Fsp3) is 0. The topological polar surface area (TPSA) is 20.2 Å². The predicted octanol–water partition coefficient (Wildman–Crippen LogP) is 1.38. The van der Waals surface area contributed by atoms with Crippen LogP contribution in [0.25, 0.3) is 0 Å². The van der Waals surface area contributed by atoms with Gasteiger partial charge >= 0.3 is 0 Å². The van der Waals surface area contributed by atoms with Crippen molar-refractivity contribution in [3.8, 4) is 5.75 Å². The van der Waals surface area contributed by atoms with Crippen molar-refractivity contribution >= 4 is 0 Å². The minimum atomic E-state index is 0. The zero-order chi connectivity index (χ0) is 5.11. The Labute approximate surface area is 103 Å². The average Bonchev–Trinajstić information content (AvgIpc) is 1.69. The summed E-state index contributed by atoms with van der Waals surface area (Å²) in [5.41, 5.74) is 0. The number of phenolic OH excluding ortho intramolecular Hbond substituents is 1. The zero-order valence-corrected chi connectivity index (χ0v) is 13.9. The molecule has 1 aromatic carbocycles. The van der Waals surface area contributed by atoms with E-state index < -0.39 is 0 Å². The Kier molecular flexibility index (Phi) is 17.4. The smallest absolute Gasteiger partial charge is 0.115 e. The van der Waals surface area contributed by atoms with E-state index in [1.54, 1.807) is 24.3 Å². The minimum Gasteiger partial charge on any atom is -0.508 e. The summed E-state index contributed by atoms with van der Waals surface area (Å²) in [4.78, 5) is 0. The van der Waals surface area contributed by atoms with Crippen molar-refractivity contribution in [2.45, 2.75) is 0 Å². The quantitative estimate of drug-likeness (QED) is 0.453. The monoisotopic (exact) mass is 646 g/mol. The zero-order valence-electron chi connectivity index (χ0n) is 5.06. The molecule has 0 fully saturated rings. The molecule has 0 atom stereocenters. The Balaban J connectivity index is -0.000000163. The van der Waals surface area contributed by atoms with Gasteiger partial charge in [-0.25, -0.2) is 0 Å². The van der Waals surface area contributed by atoms with Crippen molar-refractivity contribution in [3.05, 3.63) is 30.3 Å². The maximum atomic E-state index is 8.63. The van der Waals surface area contributed by atoms with Crippen molar-refractivity contribution < 1.29 is 68.3 Å². The van der Waals surface area contributed by atoms with Gasteiger partial charge in [0.15, 0.2) is 0 Å². The fourth-order valence-corrected chi connectivity index (χ4v) is 0.428. The van der Waals surface area contributed by atoms with E-state index >= 15 is 0 Å². The predicted molar refractivity (Wildman–Crippen MR) is 28.1 cm³/mol. The third kappa shape index (κ3) is 7.20. The largest absolute Gasteiger partial charge is 0.508 e. The van der Waals surface area contributed by atoms with Gasteiger partial charge in [-0.3, -0.25) is 0 Å². The van der Waals surface area contributed by atoms with Crippen LogP contribution < -0.4 is 0 Å². The SMILES string of the molecule is Oc1ccccc1.[W].[W].[W]. The van der Waals surface area contributed by atoms with Gasteiger partial charge < -0.3 is 5.11 Å². The Bertz CT molecular complexity index is 143. The maximum absolute atomic E-state index is 8.63. The molecule has 0 spiro atoms. The van der Waals surface area contributed by atoms with E-state index in [1.807, 2.05) is 6.07 Å². The van der Waals surface area contributed by atoms with Crippen molar-refractivity contribution in [3.63, 3.8) is 0 Å². The van der Waals surface area contributed by atoms with Crippen LogP contribution in [0.5, 0.6) is 5.75 Å². The third-order valence-electron chi connectivity index (χ3n) is 0.756. The normalized spacial score (nSPS) is 6.00. The number of hydrogen-bond acceptors (Lipinski definition) is 1. The molecule has 0 aliphatic heterocycles. The van der Waals surface area contributed by atoms with Crippen LogP contribution >= 0.6 is 0 Å². The summed E-state index contributed by atoms with van der Waals surface area (Å²) in [5.74, 6) is 0.322. The first-order valence-electron chi connectivity index (χ1n) is 2.13. The molecule has 1 aromatic rings. The van der Waals surface area contributed by atoms with Crippen molar-refractivity contribution in [1.82, 2.24) is 0 Å². The molecule has 0 aliphatic carbocycles. The molecular formula is C6H6OW3. The van der Waals surface area contributed by atoms with Gasteiger partial charge in [0.2, 0.25) is 0 Å². The maximum Gasteiger partial charge on any atom is 0.115 e. The third-order valence-corrected chi connectivity index (χ3v) is 0.756. The second-order valence-corrected chi connectivity index (χ2v) is 1.34. The van der Waals surface area contributed by atoms with Crippen LogP contribution in [-0.2, 0) is 63.2 Å². The summed E-state index contributed by atoms with van der Waals surface area (Å²) >= 11 is 0. The molecule has 0 aliphatic rings. The molecule has 1 nitrogen and oxygen atoms in total. The molecule has 0 aromatic heterocycles. The van der Waals surface area contributed by atoms with Crippen LogP contribution in [-0.4, -0.2) is 5.11 Å². The average molecular weight is 646 g/mol. The van der Waals surface area contributed by atoms with Gasteiger partial charge in [0.1, 0.15) is 5.75 Å². The van der Waals surface area contributed by atoms with Crippen LogP contribution in [0.4, 0.5) is 0 Å². The Morgan fingerprint density at radius 1 is 0.800 bits per heavy atom. The summed E-state index contributed by atoms with van der Waals surface area (Å²) in [5, 5.41) is 8.63. The summed E-state index contributed by atoms with van der Waals surface area (Å²) in [7, 11) is 0. The first-order valence-corrected chi connectivity index (χ1v) is 2.13. The van der Waals surface area contributed by atoms with Crippen LogP contribution in [0.15, 0.2) is 30.3 Å². The Morgan fingerprint density at radius 2 is 1.20 bits per heavy atom. The molecule has 10 heavy (non-hydrogen) atoms. The molecule has 0 saturated carbocycles. The molecule has 1 rings (SSSR count). The van der Waals surface area contributed by atoms with Crippen LogP contribution in [0.1, 0.15) is 0 Å². The molecule has 0 amide bonds. The first kappa shape index (κ1) is 17.2. The van der Waals surface area contributed by atoms with E-state index in [4.69, 9.17) is 5.11 Å². The van der Waals surface area contributed by atoms with E-state index in [9.17, 15) is 0 Å². The summed E-state index contributed by atoms with van der Waals surface area (Å²) in [6.07, 6.45) is 0. The first-order chi connectivity index (χ1) is 3.39. The van der Waals surface area contributed by atoms with E-state index in [2.05, 4.69) is 0 Å². The molecule has 54 valence electrons. The number of rotatable bonds is 0. The number of aromatic hydroxyl groups is 1. The second kappa shape index (κ2) is 10.1. The molecule has 4 heteroatoms. The van der Waals surface area contributed by atoms with E-state index in [1.165, 1.54) is 0 Å².